The van der Waals surface area contributed by atoms with Gasteiger partial charge in [-0.15, -0.1) is 0 Å². The Morgan fingerprint density at radius 3 is 1.70 bits per heavy atom. The second-order valence-electron chi connectivity index (χ2n) is 4.52. The summed E-state index contributed by atoms with van der Waals surface area (Å²) in [5, 5.41) is 0. The van der Waals surface area contributed by atoms with Crippen molar-refractivity contribution >= 4 is 0 Å². The van der Waals surface area contributed by atoms with Gasteiger partial charge >= 0.3 is 0 Å². The van der Waals surface area contributed by atoms with Gasteiger partial charge in [-0.25, -0.2) is 13.8 Å². The van der Waals surface area contributed by atoms with E-state index in [1.165, 1.54) is 24.3 Å². The molecule has 3 rings (SSSR count). The summed E-state index contributed by atoms with van der Waals surface area (Å²) in [6.45, 7) is 0. The van der Waals surface area contributed by atoms with Gasteiger partial charge in [-0.05, 0) is 35.4 Å². The molecule has 0 aliphatic carbocycles. The summed E-state index contributed by atoms with van der Waals surface area (Å²) >= 11 is 0. The highest BCUT2D eigenvalue weighted by molar-refractivity contribution is 5.33. The van der Waals surface area contributed by atoms with E-state index >= 15 is 0 Å². The number of hydrogen-bond donors (Lipinski definition) is 0. The third-order valence-corrected chi connectivity index (χ3v) is 3.19. The van der Waals surface area contributed by atoms with Crippen LogP contribution in [0.2, 0.25) is 0 Å². The van der Waals surface area contributed by atoms with Crippen molar-refractivity contribution in [1.29, 1.82) is 0 Å². The molecule has 2 aromatic carbocycles. The summed E-state index contributed by atoms with van der Waals surface area (Å²) in [6, 6.07) is 12.4. The molecule has 0 aliphatic rings. The van der Waals surface area contributed by atoms with Crippen molar-refractivity contribution in [1.82, 2.24) is 9.55 Å². The number of benzene rings is 2. The Morgan fingerprint density at radius 2 is 1.30 bits per heavy atom. The molecular formula is C16H12F2N2. The van der Waals surface area contributed by atoms with Crippen LogP contribution in [0.5, 0.6) is 0 Å². The van der Waals surface area contributed by atoms with Crippen LogP contribution in [0, 0.1) is 11.6 Å². The van der Waals surface area contributed by atoms with Crippen molar-refractivity contribution < 1.29 is 8.78 Å². The number of halogens is 2. The average molecular weight is 270 g/mol. The molecule has 1 aromatic heterocycles. The zero-order valence-electron chi connectivity index (χ0n) is 10.6. The Balaban J connectivity index is 2.09. The number of nitrogens with zero attached hydrogens (tertiary/aromatic N) is 2. The Morgan fingerprint density at radius 1 is 0.800 bits per heavy atom. The predicted octanol–water partition coefficient (Wildman–Crippen LogP) is 3.80. The van der Waals surface area contributed by atoms with Crippen molar-refractivity contribution in [2.75, 3.05) is 0 Å². The van der Waals surface area contributed by atoms with Gasteiger partial charge in [-0.3, -0.25) is 0 Å². The molecule has 20 heavy (non-hydrogen) atoms. The molecule has 0 unspecified atom stereocenters. The quantitative estimate of drug-likeness (QED) is 0.708. The highest BCUT2D eigenvalue weighted by Gasteiger charge is 2.15. The molecule has 0 saturated carbocycles. The summed E-state index contributed by atoms with van der Waals surface area (Å²) in [5.74, 6) is -0.561. The van der Waals surface area contributed by atoms with E-state index in [1.807, 2.05) is 10.8 Å². The second-order valence-corrected chi connectivity index (χ2v) is 4.52. The van der Waals surface area contributed by atoms with Crippen molar-refractivity contribution in [2.24, 2.45) is 0 Å². The van der Waals surface area contributed by atoms with Crippen molar-refractivity contribution in [2.45, 2.75) is 6.04 Å². The average Bonchev–Trinajstić information content (AvgIpc) is 2.97. The lowest BCUT2D eigenvalue weighted by Crippen LogP contribution is -2.10. The minimum absolute atomic E-state index is 0.154. The Bertz CT molecular complexity index is 628. The first kappa shape index (κ1) is 12.5. The largest absolute Gasteiger partial charge is 0.326 e. The zero-order valence-corrected chi connectivity index (χ0v) is 10.6. The first-order valence-electron chi connectivity index (χ1n) is 6.22. The topological polar surface area (TPSA) is 17.8 Å². The molecule has 4 heteroatoms. The van der Waals surface area contributed by atoms with E-state index in [0.29, 0.717) is 0 Å². The van der Waals surface area contributed by atoms with Gasteiger partial charge in [0.1, 0.15) is 11.6 Å². The van der Waals surface area contributed by atoms with Crippen LogP contribution in [-0.2, 0) is 0 Å². The normalized spacial score (nSPS) is 10.9. The molecule has 0 N–H and O–H groups in total. The molecule has 100 valence electrons. The number of aromatic nitrogens is 2. The van der Waals surface area contributed by atoms with Gasteiger partial charge in [0.25, 0.3) is 0 Å². The van der Waals surface area contributed by atoms with Gasteiger partial charge in [-0.1, -0.05) is 24.3 Å². The van der Waals surface area contributed by atoms with Crippen LogP contribution < -0.4 is 0 Å². The third-order valence-electron chi connectivity index (χ3n) is 3.19. The van der Waals surface area contributed by atoms with Crippen LogP contribution in [0.25, 0.3) is 0 Å². The number of imidazole rings is 1. The summed E-state index contributed by atoms with van der Waals surface area (Å²) in [6.07, 6.45) is 5.20. The number of rotatable bonds is 3. The summed E-state index contributed by atoms with van der Waals surface area (Å²) in [4.78, 5) is 4.04. The maximum atomic E-state index is 13.1. The molecule has 1 heterocycles. The van der Waals surface area contributed by atoms with Crippen LogP contribution in [0.1, 0.15) is 17.2 Å². The van der Waals surface area contributed by atoms with E-state index in [2.05, 4.69) is 4.98 Å². The van der Waals surface area contributed by atoms with Gasteiger partial charge in [0, 0.05) is 12.4 Å². The van der Waals surface area contributed by atoms with E-state index in [9.17, 15) is 8.78 Å². The van der Waals surface area contributed by atoms with E-state index < -0.39 is 0 Å². The first-order valence-corrected chi connectivity index (χ1v) is 6.22. The first-order chi connectivity index (χ1) is 9.74. The van der Waals surface area contributed by atoms with Crippen molar-refractivity contribution in [3.8, 4) is 0 Å². The van der Waals surface area contributed by atoms with Gasteiger partial charge in [0.05, 0.1) is 12.4 Å². The van der Waals surface area contributed by atoms with Gasteiger partial charge < -0.3 is 4.57 Å². The van der Waals surface area contributed by atoms with E-state index in [4.69, 9.17) is 0 Å². The molecule has 0 amide bonds. The molecule has 0 saturated heterocycles. The van der Waals surface area contributed by atoms with Gasteiger partial charge in [-0.2, -0.15) is 0 Å². The van der Waals surface area contributed by atoms with Crippen LogP contribution >= 0.6 is 0 Å². The standard InChI is InChI=1S/C16H12F2N2/c17-14-5-1-12(2-6-14)16(20-10-9-19-11-20)13-3-7-15(18)8-4-13/h1-11,16H. The van der Waals surface area contributed by atoms with Crippen LogP contribution in [-0.4, -0.2) is 9.55 Å². The Kier molecular flexibility index (Phi) is 3.29. The SMILES string of the molecule is Fc1ccc(C(c2ccc(F)cc2)n2ccnc2)cc1. The Hall–Kier alpha value is -2.49. The van der Waals surface area contributed by atoms with E-state index in [-0.39, 0.29) is 17.7 Å². The molecule has 0 radical (unpaired) electrons. The molecule has 0 spiro atoms. The lowest BCUT2D eigenvalue weighted by Gasteiger charge is -2.19. The summed E-state index contributed by atoms with van der Waals surface area (Å²) < 4.78 is 28.1. The summed E-state index contributed by atoms with van der Waals surface area (Å²) in [7, 11) is 0. The van der Waals surface area contributed by atoms with Gasteiger partial charge in [0.15, 0.2) is 0 Å². The second kappa shape index (κ2) is 5.25. The van der Waals surface area contributed by atoms with Crippen molar-refractivity contribution in [3.05, 3.63) is 90.0 Å². The molecule has 0 aliphatic heterocycles. The summed E-state index contributed by atoms with van der Waals surface area (Å²) in [5.41, 5.74) is 1.83. The fourth-order valence-electron chi connectivity index (χ4n) is 2.25. The third kappa shape index (κ3) is 2.45. The van der Waals surface area contributed by atoms with Crippen LogP contribution in [0.3, 0.4) is 0 Å². The van der Waals surface area contributed by atoms with E-state index in [0.717, 1.165) is 11.1 Å². The molecular weight excluding hydrogens is 258 g/mol. The highest BCUT2D eigenvalue weighted by atomic mass is 19.1. The van der Waals surface area contributed by atoms with E-state index in [1.54, 1.807) is 36.8 Å². The molecule has 2 nitrogen and oxygen atoms in total. The van der Waals surface area contributed by atoms with Crippen LogP contribution in [0.4, 0.5) is 8.78 Å². The fraction of sp³-hybridized carbons (Fsp3) is 0.0625. The number of hydrogen-bond acceptors (Lipinski definition) is 1. The maximum absolute atomic E-state index is 13.1. The molecule has 0 fully saturated rings. The predicted molar refractivity (Wildman–Crippen MR) is 72.3 cm³/mol. The lowest BCUT2D eigenvalue weighted by atomic mass is 9.98. The fourth-order valence-corrected chi connectivity index (χ4v) is 2.25. The minimum atomic E-state index is -0.280. The molecule has 0 atom stereocenters. The minimum Gasteiger partial charge on any atom is -0.326 e. The van der Waals surface area contributed by atoms with Crippen LogP contribution in [0.15, 0.2) is 67.3 Å². The Labute approximate surface area is 115 Å². The molecule has 0 bridgehead atoms. The monoisotopic (exact) mass is 270 g/mol. The zero-order chi connectivity index (χ0) is 13.9. The smallest absolute Gasteiger partial charge is 0.123 e. The highest BCUT2D eigenvalue weighted by Crippen LogP contribution is 2.26. The lowest BCUT2D eigenvalue weighted by molar-refractivity contribution is 0.618. The van der Waals surface area contributed by atoms with Crippen molar-refractivity contribution in [3.63, 3.8) is 0 Å². The van der Waals surface area contributed by atoms with Gasteiger partial charge in [0.2, 0.25) is 0 Å². The maximum Gasteiger partial charge on any atom is 0.123 e. The molecule has 3 aromatic rings.